The van der Waals surface area contributed by atoms with E-state index in [2.05, 4.69) is 17.2 Å². The molecule has 13 heteroatoms. The molecule has 0 saturated heterocycles. The number of aliphatic hydroxyl groups is 2. The van der Waals surface area contributed by atoms with E-state index in [1.54, 1.807) is 45.1 Å². The number of nitrogens with two attached hydrogens (primary N) is 1. The van der Waals surface area contributed by atoms with Gasteiger partial charge >= 0.3 is 12.2 Å². The van der Waals surface area contributed by atoms with Gasteiger partial charge in [0.1, 0.15) is 12.2 Å². The maximum absolute atomic E-state index is 13.2. The Morgan fingerprint density at radius 1 is 1.16 bits per heavy atom. The molecule has 0 aromatic heterocycles. The molecule has 0 aromatic rings. The standard InChI is InChI=1S/C32H47N3O10/c1-8-12-34-26-21-13-17(2)14-25(43-7)27(37)19(4)15-20(5)28(44-31(33)39)24(42-6)11-9-10-18(3)30(38)35-22(16-23(26)36)29(21)45-32(40)41/h8-11,15-17,19,23-25,27-29,34,36-37H,1,12-14H2,2-7H3,(H2,33,39)(H,35,38)(H,40,41)/b11-9-,18-10+,20-15+/t17-,19+,23?,24+,25+,27-,28+,29?/m1/s1. The Kier molecular flexibility index (Phi) is 14.5. The third-order valence-electron chi connectivity index (χ3n) is 7.71. The van der Waals surface area contributed by atoms with Gasteiger partial charge in [0.25, 0.3) is 5.91 Å². The van der Waals surface area contributed by atoms with Crippen molar-refractivity contribution in [3.8, 4) is 0 Å². The first-order chi connectivity index (χ1) is 21.2. The first kappa shape index (κ1) is 37.3. The number of ether oxygens (including phenoxy) is 4. The smallest absolute Gasteiger partial charge is 0.450 e. The molecule has 7 N–H and O–H groups in total. The summed E-state index contributed by atoms with van der Waals surface area (Å²) in [6.45, 7) is 10.9. The molecule has 8 atom stereocenters. The van der Waals surface area contributed by atoms with Crippen molar-refractivity contribution in [2.75, 3.05) is 20.8 Å². The molecule has 13 nitrogen and oxygen atoms in total. The molecule has 2 aliphatic rings. The predicted octanol–water partition coefficient (Wildman–Crippen LogP) is 2.82. The van der Waals surface area contributed by atoms with Crippen molar-refractivity contribution in [1.82, 2.24) is 10.6 Å². The zero-order valence-electron chi connectivity index (χ0n) is 26.7. The van der Waals surface area contributed by atoms with Gasteiger partial charge in [-0.15, -0.1) is 6.58 Å². The minimum absolute atomic E-state index is 0.0531. The molecule has 2 rings (SSSR count). The first-order valence-electron chi connectivity index (χ1n) is 14.6. The summed E-state index contributed by atoms with van der Waals surface area (Å²) >= 11 is 0. The molecule has 2 unspecified atom stereocenters. The van der Waals surface area contributed by atoms with Crippen molar-refractivity contribution in [2.24, 2.45) is 17.6 Å². The lowest BCUT2D eigenvalue weighted by Crippen LogP contribution is -2.42. The van der Waals surface area contributed by atoms with Crippen LogP contribution in [-0.2, 0) is 23.7 Å². The Bertz CT molecular complexity index is 1240. The highest BCUT2D eigenvalue weighted by Crippen LogP contribution is 2.33. The molecule has 0 saturated carbocycles. The summed E-state index contributed by atoms with van der Waals surface area (Å²) in [6, 6.07) is 0. The molecule has 250 valence electrons. The Morgan fingerprint density at radius 2 is 1.84 bits per heavy atom. The molecule has 1 aliphatic carbocycles. The quantitative estimate of drug-likeness (QED) is 0.178. The molecular weight excluding hydrogens is 586 g/mol. The van der Waals surface area contributed by atoms with Gasteiger partial charge in [0.2, 0.25) is 0 Å². The number of amides is 2. The summed E-state index contributed by atoms with van der Waals surface area (Å²) in [5.41, 5.74) is 6.96. The minimum atomic E-state index is -1.57. The summed E-state index contributed by atoms with van der Waals surface area (Å²) < 4.78 is 21.9. The van der Waals surface area contributed by atoms with Crippen molar-refractivity contribution in [2.45, 2.75) is 77.2 Å². The van der Waals surface area contributed by atoms with E-state index in [1.807, 2.05) is 6.92 Å². The largest absolute Gasteiger partial charge is 0.506 e. The van der Waals surface area contributed by atoms with Crippen LogP contribution in [0.2, 0.25) is 0 Å². The van der Waals surface area contributed by atoms with Crippen LogP contribution in [0.4, 0.5) is 9.59 Å². The van der Waals surface area contributed by atoms with E-state index >= 15 is 0 Å². The van der Waals surface area contributed by atoms with Crippen LogP contribution in [-0.4, -0.2) is 90.9 Å². The van der Waals surface area contributed by atoms with E-state index in [4.69, 9.17) is 24.7 Å². The summed E-state index contributed by atoms with van der Waals surface area (Å²) in [4.78, 5) is 36.8. The summed E-state index contributed by atoms with van der Waals surface area (Å²) in [5.74, 6) is -1.26. The number of allylic oxidation sites excluding steroid dienone is 2. The second kappa shape index (κ2) is 17.5. The zero-order chi connectivity index (χ0) is 33.8. The number of carboxylic acid groups (broad SMARTS) is 1. The lowest BCUT2D eigenvalue weighted by Gasteiger charge is -2.34. The SMILES string of the molecule is C=CCNC1=C2C[C@@H](C)C[C@H](OC)[C@H](O)[C@@H](C)/C=C(\C)[C@H](OC(N)=O)[C@@H](OC)/C=C\C=C(/C)C(=O)NC(=CC1O)C2OC(=O)O. The topological polar surface area (TPSA) is 199 Å². The fourth-order valence-corrected chi connectivity index (χ4v) is 5.46. The predicted molar refractivity (Wildman–Crippen MR) is 167 cm³/mol. The molecule has 45 heavy (non-hydrogen) atoms. The average molecular weight is 634 g/mol. The van der Waals surface area contributed by atoms with E-state index < -0.39 is 60.7 Å². The van der Waals surface area contributed by atoms with Gasteiger partial charge in [0.05, 0.1) is 17.9 Å². The van der Waals surface area contributed by atoms with E-state index in [-0.39, 0.29) is 30.2 Å². The van der Waals surface area contributed by atoms with Gasteiger partial charge in [0, 0.05) is 38.0 Å². The van der Waals surface area contributed by atoms with Gasteiger partial charge < -0.3 is 50.6 Å². The zero-order valence-corrected chi connectivity index (χ0v) is 26.7. The highest BCUT2D eigenvalue weighted by atomic mass is 16.7. The molecular formula is C32H47N3O10. The number of methoxy groups -OCH3 is 2. The Morgan fingerprint density at radius 3 is 2.42 bits per heavy atom. The van der Waals surface area contributed by atoms with Crippen LogP contribution >= 0.6 is 0 Å². The Balaban J connectivity index is 2.71. The number of hydrogen-bond donors (Lipinski definition) is 6. The molecule has 2 bridgehead atoms. The highest BCUT2D eigenvalue weighted by Gasteiger charge is 2.36. The molecule has 0 radical (unpaired) electrons. The van der Waals surface area contributed by atoms with Gasteiger partial charge in [-0.05, 0) is 49.8 Å². The second-order valence-electron chi connectivity index (χ2n) is 11.3. The van der Waals surface area contributed by atoms with Crippen LogP contribution in [0.15, 0.2) is 71.1 Å². The Labute approximate surface area is 264 Å². The summed E-state index contributed by atoms with van der Waals surface area (Å²) in [6.07, 6.45) is 1.41. The van der Waals surface area contributed by atoms with E-state index in [0.29, 0.717) is 23.3 Å². The van der Waals surface area contributed by atoms with Crippen LogP contribution in [0.5, 0.6) is 0 Å². The molecule has 2 amide bonds. The number of nitrogens with one attached hydrogen (secondary N) is 2. The van der Waals surface area contributed by atoms with Crippen molar-refractivity contribution in [3.63, 3.8) is 0 Å². The van der Waals surface area contributed by atoms with Crippen LogP contribution in [0.25, 0.3) is 0 Å². The van der Waals surface area contributed by atoms with Crippen molar-refractivity contribution >= 4 is 18.2 Å². The van der Waals surface area contributed by atoms with Gasteiger partial charge in [-0.1, -0.05) is 44.2 Å². The van der Waals surface area contributed by atoms with Crippen LogP contribution in [0.3, 0.4) is 0 Å². The third-order valence-corrected chi connectivity index (χ3v) is 7.71. The number of carbonyl (C=O) groups excluding carboxylic acids is 2. The van der Waals surface area contributed by atoms with Crippen molar-refractivity contribution in [3.05, 3.63) is 71.1 Å². The Hall–Kier alpha value is -3.91. The van der Waals surface area contributed by atoms with Gasteiger partial charge in [-0.25, -0.2) is 9.59 Å². The van der Waals surface area contributed by atoms with Crippen molar-refractivity contribution in [1.29, 1.82) is 0 Å². The van der Waals surface area contributed by atoms with E-state index in [0.717, 1.165) is 0 Å². The van der Waals surface area contributed by atoms with Crippen LogP contribution < -0.4 is 16.4 Å². The number of fused-ring (bicyclic) bond motifs is 2. The molecule has 0 aromatic carbocycles. The number of carbonyl (C=O) groups is 3. The first-order valence-corrected chi connectivity index (χ1v) is 14.6. The molecule has 0 fully saturated rings. The minimum Gasteiger partial charge on any atom is -0.450 e. The molecule has 1 heterocycles. The number of hydrogen-bond acceptors (Lipinski definition) is 10. The average Bonchev–Trinajstić information content (AvgIpc) is 2.97. The lowest BCUT2D eigenvalue weighted by molar-refractivity contribution is -0.117. The van der Waals surface area contributed by atoms with Gasteiger partial charge in [-0.2, -0.15) is 0 Å². The fourth-order valence-electron chi connectivity index (χ4n) is 5.46. The summed E-state index contributed by atoms with van der Waals surface area (Å²) in [7, 11) is 2.90. The molecule has 0 spiro atoms. The monoisotopic (exact) mass is 633 g/mol. The van der Waals surface area contributed by atoms with Crippen molar-refractivity contribution < 1.29 is 48.7 Å². The van der Waals surface area contributed by atoms with E-state index in [9.17, 15) is 29.7 Å². The maximum atomic E-state index is 13.2. The molecule has 1 aliphatic heterocycles. The highest BCUT2D eigenvalue weighted by molar-refractivity contribution is 5.94. The van der Waals surface area contributed by atoms with Crippen LogP contribution in [0, 0.1) is 11.8 Å². The van der Waals surface area contributed by atoms with Gasteiger partial charge in [-0.3, -0.25) is 4.79 Å². The number of primary amides is 1. The van der Waals surface area contributed by atoms with Crippen LogP contribution in [0.1, 0.15) is 40.5 Å². The van der Waals surface area contributed by atoms with Gasteiger partial charge in [0.15, 0.2) is 12.2 Å². The number of rotatable bonds is 7. The normalized spacial score (nSPS) is 33.3. The third kappa shape index (κ3) is 10.6. The summed E-state index contributed by atoms with van der Waals surface area (Å²) in [5, 5.41) is 37.8. The number of aliphatic hydroxyl groups excluding tert-OH is 2. The fraction of sp³-hybridized carbons (Fsp3) is 0.531. The maximum Gasteiger partial charge on any atom is 0.506 e. The lowest BCUT2D eigenvalue weighted by atomic mass is 9.84. The van der Waals surface area contributed by atoms with E-state index in [1.165, 1.54) is 26.4 Å². The second-order valence-corrected chi connectivity index (χ2v) is 11.3.